The van der Waals surface area contributed by atoms with Gasteiger partial charge in [0.2, 0.25) is 0 Å². The van der Waals surface area contributed by atoms with Crippen LogP contribution in [0.5, 0.6) is 5.75 Å². The van der Waals surface area contributed by atoms with Crippen LogP contribution in [0.1, 0.15) is 71.6 Å². The number of carboxylic acids is 1. The fourth-order valence-electron chi connectivity index (χ4n) is 8.48. The molecule has 3 amide bonds. The van der Waals surface area contributed by atoms with E-state index < -0.39 is 17.4 Å². The highest BCUT2D eigenvalue weighted by atomic mass is 35.5. The second-order valence-corrected chi connectivity index (χ2v) is 15.7. The quantitative estimate of drug-likeness (QED) is 0.224. The third-order valence-electron chi connectivity index (χ3n) is 11.8. The monoisotopic (exact) mass is 773 g/mol. The van der Waals surface area contributed by atoms with Crippen LogP contribution in [0.15, 0.2) is 82.2 Å². The lowest BCUT2D eigenvalue weighted by molar-refractivity contribution is -0.143. The Bertz CT molecular complexity index is 1920. The molecule has 3 saturated heterocycles. The predicted molar refractivity (Wildman–Crippen MR) is 207 cm³/mol. The third-order valence-corrected chi connectivity index (χ3v) is 12.5. The molecular weight excluding hydrogens is 729 g/mol. The van der Waals surface area contributed by atoms with Crippen molar-refractivity contribution >= 4 is 47.3 Å². The normalized spacial score (nSPS) is 23.8. The number of piperidine rings is 2. The van der Waals surface area contributed by atoms with Crippen LogP contribution in [0.3, 0.4) is 0 Å². The van der Waals surface area contributed by atoms with E-state index in [1.807, 2.05) is 53.4 Å². The highest BCUT2D eigenvalue weighted by Crippen LogP contribution is 2.42. The number of halogens is 2. The fraction of sp³-hybridized carbons (Fsp3) is 0.450. The molecule has 4 aliphatic heterocycles. The van der Waals surface area contributed by atoms with Gasteiger partial charge in [-0.1, -0.05) is 65.7 Å². The Morgan fingerprint density at radius 1 is 0.926 bits per heavy atom. The summed E-state index contributed by atoms with van der Waals surface area (Å²) in [6, 6.07) is 20.8. The summed E-state index contributed by atoms with van der Waals surface area (Å²) < 4.78 is 5.63. The number of ether oxygens (including phenoxy) is 1. The number of nitrogens with zero attached hydrogens (tertiary/aromatic N) is 6. The van der Waals surface area contributed by atoms with Gasteiger partial charge in [0.15, 0.2) is 0 Å². The van der Waals surface area contributed by atoms with Crippen molar-refractivity contribution in [3.8, 4) is 5.75 Å². The molecule has 0 saturated carbocycles. The Labute approximate surface area is 325 Å². The summed E-state index contributed by atoms with van der Waals surface area (Å²) in [4.78, 5) is 45.6. The standard InChI is InChI=1S/C40H45Cl2N7O5/c1-54-35-12-9-27(34-24-43-46-45-34)22-31(35)36(50)49-21-14-39(26-49,30-10-11-32(41)33(42)23-30)13-18-47-19-15-40(16-20-47,29-7-3-2-4-8-29)44-38(53)48-17-5-6-28(25-48)37(51)52/h2-4,7-12,22-24,28,34H,5-6,13-21,25-26H2,1H3,(H,44,53)(H,51,52). The Morgan fingerprint density at radius 2 is 1.72 bits per heavy atom. The highest BCUT2D eigenvalue weighted by molar-refractivity contribution is 6.42. The number of hydrogen-bond donors (Lipinski definition) is 2. The van der Waals surface area contributed by atoms with E-state index in [1.165, 1.54) is 0 Å². The van der Waals surface area contributed by atoms with Crippen LogP contribution >= 0.6 is 23.2 Å². The highest BCUT2D eigenvalue weighted by Gasteiger charge is 2.44. The van der Waals surface area contributed by atoms with E-state index in [9.17, 15) is 19.5 Å². The molecule has 0 radical (unpaired) electrons. The Morgan fingerprint density at radius 3 is 2.43 bits per heavy atom. The lowest BCUT2D eigenvalue weighted by Gasteiger charge is -2.45. The Kier molecular flexibility index (Phi) is 11.2. The largest absolute Gasteiger partial charge is 0.496 e. The summed E-state index contributed by atoms with van der Waals surface area (Å²) in [6.45, 7) is 4.08. The number of hydrogen-bond acceptors (Lipinski definition) is 8. The molecule has 3 aromatic carbocycles. The molecule has 4 aliphatic rings. The summed E-state index contributed by atoms with van der Waals surface area (Å²) >= 11 is 13.0. The van der Waals surface area contributed by atoms with Crippen LogP contribution in [0, 0.1) is 5.92 Å². The van der Waals surface area contributed by atoms with Gasteiger partial charge in [0.25, 0.3) is 5.91 Å². The molecule has 14 heteroatoms. The molecule has 0 aliphatic carbocycles. The first kappa shape index (κ1) is 37.8. The van der Waals surface area contributed by atoms with Crippen LogP contribution in [-0.4, -0.2) is 96.9 Å². The van der Waals surface area contributed by atoms with Crippen LogP contribution in [-0.2, 0) is 15.7 Å². The van der Waals surface area contributed by atoms with Crippen LogP contribution < -0.4 is 10.1 Å². The molecule has 0 aromatic heterocycles. The topological polar surface area (TPSA) is 140 Å². The van der Waals surface area contributed by atoms with E-state index in [2.05, 4.69) is 37.8 Å². The van der Waals surface area contributed by atoms with Gasteiger partial charge in [-0.2, -0.15) is 5.11 Å². The van der Waals surface area contributed by atoms with Crippen molar-refractivity contribution in [2.75, 3.05) is 52.9 Å². The zero-order chi connectivity index (χ0) is 37.9. The summed E-state index contributed by atoms with van der Waals surface area (Å²) in [5.41, 5.74) is 2.41. The first-order valence-corrected chi connectivity index (χ1v) is 19.3. The zero-order valence-corrected chi connectivity index (χ0v) is 31.8. The number of rotatable bonds is 10. The molecule has 4 heterocycles. The van der Waals surface area contributed by atoms with Crippen molar-refractivity contribution in [1.29, 1.82) is 0 Å². The van der Waals surface area contributed by atoms with Gasteiger partial charge in [-0.3, -0.25) is 9.59 Å². The predicted octanol–water partition coefficient (Wildman–Crippen LogP) is 7.17. The number of nitrogens with one attached hydrogen (secondary N) is 1. The van der Waals surface area contributed by atoms with Crippen molar-refractivity contribution in [2.24, 2.45) is 21.4 Å². The van der Waals surface area contributed by atoms with Crippen LogP contribution in [0.2, 0.25) is 10.0 Å². The average molecular weight is 775 g/mol. The maximum atomic E-state index is 14.2. The van der Waals surface area contributed by atoms with E-state index in [1.54, 1.807) is 24.3 Å². The number of likely N-dealkylation sites (tertiary alicyclic amines) is 3. The minimum atomic E-state index is -0.858. The molecule has 2 N–H and O–H groups in total. The zero-order valence-electron chi connectivity index (χ0n) is 30.3. The molecule has 3 aromatic rings. The molecule has 7 rings (SSSR count). The molecule has 12 nitrogen and oxygen atoms in total. The molecule has 0 bridgehead atoms. The summed E-state index contributed by atoms with van der Waals surface area (Å²) in [6.07, 6.45) is 5.81. The molecule has 3 fully saturated rings. The van der Waals surface area contributed by atoms with E-state index in [-0.39, 0.29) is 29.9 Å². The van der Waals surface area contributed by atoms with E-state index in [0.717, 1.165) is 49.2 Å². The molecule has 0 spiro atoms. The van der Waals surface area contributed by atoms with Crippen molar-refractivity contribution in [2.45, 2.75) is 55.5 Å². The Balaban J connectivity index is 1.08. The molecule has 54 heavy (non-hydrogen) atoms. The minimum absolute atomic E-state index is 0.118. The first-order valence-electron chi connectivity index (χ1n) is 18.5. The maximum absolute atomic E-state index is 14.2. The van der Waals surface area contributed by atoms with Gasteiger partial charge < -0.3 is 29.9 Å². The van der Waals surface area contributed by atoms with Gasteiger partial charge in [0.05, 0.1) is 40.4 Å². The number of methoxy groups -OCH3 is 1. The van der Waals surface area contributed by atoms with Crippen molar-refractivity contribution in [3.05, 3.63) is 99.0 Å². The molecule has 284 valence electrons. The van der Waals surface area contributed by atoms with Gasteiger partial charge in [-0.05, 0) is 91.2 Å². The molecule has 3 unspecified atom stereocenters. The van der Waals surface area contributed by atoms with Crippen molar-refractivity contribution < 1.29 is 24.2 Å². The van der Waals surface area contributed by atoms with Crippen LogP contribution in [0.25, 0.3) is 0 Å². The number of aliphatic carboxylic acids is 1. The summed E-state index contributed by atoms with van der Waals surface area (Å²) in [5.74, 6) is -1.03. The van der Waals surface area contributed by atoms with Gasteiger partial charge in [-0.15, -0.1) is 5.10 Å². The van der Waals surface area contributed by atoms with Gasteiger partial charge >= 0.3 is 12.0 Å². The average Bonchev–Trinajstić information content (AvgIpc) is 3.91. The fourth-order valence-corrected chi connectivity index (χ4v) is 8.78. The lowest BCUT2D eigenvalue weighted by Crippen LogP contribution is -2.57. The number of benzene rings is 3. The number of carbonyl (C=O) groups is 3. The maximum Gasteiger partial charge on any atom is 0.318 e. The smallest absolute Gasteiger partial charge is 0.318 e. The second-order valence-electron chi connectivity index (χ2n) is 14.9. The Hall–Kier alpha value is -4.52. The minimum Gasteiger partial charge on any atom is -0.496 e. The van der Waals surface area contributed by atoms with E-state index >= 15 is 0 Å². The first-order chi connectivity index (χ1) is 26.1. The third kappa shape index (κ3) is 7.83. The van der Waals surface area contributed by atoms with E-state index in [4.69, 9.17) is 27.9 Å². The van der Waals surface area contributed by atoms with Crippen molar-refractivity contribution in [1.82, 2.24) is 20.0 Å². The summed E-state index contributed by atoms with van der Waals surface area (Å²) in [5, 5.41) is 25.7. The van der Waals surface area contributed by atoms with Crippen LogP contribution in [0.4, 0.5) is 4.79 Å². The number of amides is 3. The molecular formula is C40H45Cl2N7O5. The molecule has 3 atom stereocenters. The van der Waals surface area contributed by atoms with Gasteiger partial charge in [0.1, 0.15) is 11.8 Å². The SMILES string of the molecule is COc1ccc(C2C=NN=N2)cc1C(=O)N1CCC(CCN2CCC(NC(=O)N3CCCC(C(=O)O)C3)(c3ccccc3)CC2)(c2ccc(Cl)c(Cl)c2)C1. The van der Waals surface area contributed by atoms with Crippen molar-refractivity contribution in [3.63, 3.8) is 0 Å². The van der Waals surface area contributed by atoms with Gasteiger partial charge in [0, 0.05) is 44.7 Å². The van der Waals surface area contributed by atoms with Gasteiger partial charge in [-0.25, -0.2) is 4.79 Å². The lowest BCUT2D eigenvalue weighted by atomic mass is 9.76. The number of carboxylic acid groups (broad SMARTS) is 1. The summed E-state index contributed by atoms with van der Waals surface area (Å²) in [7, 11) is 1.56. The van der Waals surface area contributed by atoms with E-state index in [0.29, 0.717) is 66.7 Å². The second kappa shape index (κ2) is 16.1. The number of carbonyl (C=O) groups excluding carboxylic acids is 2. The number of urea groups is 1.